The van der Waals surface area contributed by atoms with Crippen molar-refractivity contribution >= 4 is 28.6 Å². The largest absolute Gasteiger partial charge is 0.462 e. The van der Waals surface area contributed by atoms with E-state index < -0.39 is 59.0 Å². The molecule has 36 heavy (non-hydrogen) atoms. The Bertz CT molecular complexity index is 1140. The number of aliphatic hydroxyl groups excluding tert-OH is 1. The molecule has 5 atom stereocenters. The minimum Gasteiger partial charge on any atom is -0.462 e. The number of benzene rings is 1. The van der Waals surface area contributed by atoms with Crippen LogP contribution in [0.2, 0.25) is 0 Å². The topological polar surface area (TPSA) is 134 Å². The van der Waals surface area contributed by atoms with E-state index in [0.717, 1.165) is 5.39 Å². The van der Waals surface area contributed by atoms with Gasteiger partial charge in [-0.15, -0.1) is 0 Å². The minimum atomic E-state index is -1.34. The summed E-state index contributed by atoms with van der Waals surface area (Å²) in [5, 5.41) is 15.1. The molecular weight excluding hydrogens is 470 g/mol. The van der Waals surface area contributed by atoms with E-state index >= 15 is 0 Å². The number of rotatable bonds is 6. The first-order valence-electron chi connectivity index (χ1n) is 11.8. The van der Waals surface area contributed by atoms with Gasteiger partial charge in [-0.25, -0.2) is 4.79 Å². The fourth-order valence-electron chi connectivity index (χ4n) is 3.57. The molecular formula is C26H35NO9. The number of anilines is 1. The van der Waals surface area contributed by atoms with Crippen LogP contribution in [0.4, 0.5) is 5.69 Å². The predicted octanol–water partition coefficient (Wildman–Crippen LogP) is 2.85. The zero-order chi connectivity index (χ0) is 26.8. The lowest BCUT2D eigenvalue weighted by Crippen LogP contribution is -2.63. The first-order chi connectivity index (χ1) is 16.7. The lowest BCUT2D eigenvalue weighted by atomic mass is 9.93. The van der Waals surface area contributed by atoms with Crippen molar-refractivity contribution in [2.75, 3.05) is 19.0 Å². The Hall–Kier alpha value is -2.95. The van der Waals surface area contributed by atoms with Gasteiger partial charge in [0.15, 0.2) is 12.4 Å². The van der Waals surface area contributed by atoms with Crippen LogP contribution < -0.4 is 10.9 Å². The number of hydrogen-bond donors (Lipinski definition) is 2. The number of nitrogens with one attached hydrogen (secondary N) is 1. The molecule has 0 bridgehead atoms. The molecule has 2 aromatic rings. The van der Waals surface area contributed by atoms with Gasteiger partial charge < -0.3 is 33.8 Å². The predicted molar refractivity (Wildman–Crippen MR) is 131 cm³/mol. The van der Waals surface area contributed by atoms with Crippen LogP contribution >= 0.6 is 0 Å². The number of esters is 2. The van der Waals surface area contributed by atoms with Crippen molar-refractivity contribution < 1.29 is 38.1 Å². The average Bonchev–Trinajstić information content (AvgIpc) is 2.78. The van der Waals surface area contributed by atoms with Crippen molar-refractivity contribution in [1.29, 1.82) is 0 Å². The van der Waals surface area contributed by atoms with E-state index in [2.05, 4.69) is 5.32 Å². The quantitative estimate of drug-likeness (QED) is 0.446. The van der Waals surface area contributed by atoms with Gasteiger partial charge in [-0.05, 0) is 59.7 Å². The first kappa shape index (κ1) is 27.6. The summed E-state index contributed by atoms with van der Waals surface area (Å²) in [5.74, 6) is -1.00. The second kappa shape index (κ2) is 10.6. The van der Waals surface area contributed by atoms with Gasteiger partial charge in [0, 0.05) is 30.3 Å². The maximum Gasteiger partial charge on any atom is 0.336 e. The highest BCUT2D eigenvalue weighted by Gasteiger charge is 2.49. The van der Waals surface area contributed by atoms with E-state index in [4.69, 9.17) is 23.4 Å². The molecule has 2 N–H and O–H groups in total. The van der Waals surface area contributed by atoms with Crippen LogP contribution in [0.1, 0.15) is 41.5 Å². The summed E-state index contributed by atoms with van der Waals surface area (Å²) in [6.07, 6.45) is -4.45. The Morgan fingerprint density at radius 1 is 1.03 bits per heavy atom. The Balaban J connectivity index is 1.91. The monoisotopic (exact) mass is 505 g/mol. The van der Waals surface area contributed by atoms with Gasteiger partial charge in [-0.1, -0.05) is 0 Å². The van der Waals surface area contributed by atoms with Crippen LogP contribution in [0, 0.1) is 10.8 Å². The Morgan fingerprint density at radius 3 is 2.28 bits per heavy atom. The summed E-state index contributed by atoms with van der Waals surface area (Å²) in [6, 6.07) is 7.26. The molecule has 0 unspecified atom stereocenters. The highest BCUT2D eigenvalue weighted by atomic mass is 16.7. The van der Waals surface area contributed by atoms with Crippen LogP contribution in [0.25, 0.3) is 11.0 Å². The van der Waals surface area contributed by atoms with Crippen molar-refractivity contribution in [3.63, 3.8) is 0 Å². The SMILES string of the molecule is CO[C@H]1O[C@H](COC(=O)C(C)(C)C)[C@H](O)[C@H](OC(=O)C(C)(C)C)[C@H]1Nc1ccc2ccc(=O)oc2c1. The standard InChI is InChI=1S/C26H35NO9/c1-25(2,3)23(30)33-13-17-20(29)21(36-24(31)26(4,5)6)19(22(32-7)35-17)27-15-10-8-14-9-11-18(28)34-16(14)12-15/h8-12,17,19-22,27,29H,13H2,1-7H3/t17-,19-,20+,21-,22+/m1/s1. The van der Waals surface area contributed by atoms with Crippen molar-refractivity contribution in [3.8, 4) is 0 Å². The number of methoxy groups -OCH3 is 1. The lowest BCUT2D eigenvalue weighted by molar-refractivity contribution is -0.262. The molecule has 0 amide bonds. The molecule has 198 valence electrons. The molecule has 1 fully saturated rings. The number of carbonyl (C=O) groups is 2. The van der Waals surface area contributed by atoms with E-state index in [0.29, 0.717) is 11.3 Å². The third-order valence-corrected chi connectivity index (χ3v) is 5.71. The number of ether oxygens (including phenoxy) is 4. The first-order valence-corrected chi connectivity index (χ1v) is 11.8. The molecule has 0 spiro atoms. The van der Waals surface area contributed by atoms with Gasteiger partial charge >= 0.3 is 17.6 Å². The van der Waals surface area contributed by atoms with Crippen molar-refractivity contribution in [3.05, 3.63) is 40.8 Å². The van der Waals surface area contributed by atoms with Gasteiger partial charge in [0.1, 0.15) is 30.4 Å². The highest BCUT2D eigenvalue weighted by molar-refractivity contribution is 5.80. The lowest BCUT2D eigenvalue weighted by Gasteiger charge is -2.44. The zero-order valence-corrected chi connectivity index (χ0v) is 21.7. The van der Waals surface area contributed by atoms with E-state index in [1.54, 1.807) is 65.8 Å². The molecule has 1 aromatic heterocycles. The normalized spacial score (nSPS) is 24.8. The average molecular weight is 506 g/mol. The van der Waals surface area contributed by atoms with Gasteiger partial charge in [0.2, 0.25) is 0 Å². The molecule has 2 heterocycles. The van der Waals surface area contributed by atoms with E-state index in [9.17, 15) is 19.5 Å². The maximum absolute atomic E-state index is 12.8. The van der Waals surface area contributed by atoms with Crippen molar-refractivity contribution in [2.45, 2.75) is 72.2 Å². The summed E-state index contributed by atoms with van der Waals surface area (Å²) >= 11 is 0. The van der Waals surface area contributed by atoms with Crippen LogP contribution in [-0.2, 0) is 28.5 Å². The molecule has 0 aliphatic carbocycles. The molecule has 1 aliphatic rings. The van der Waals surface area contributed by atoms with Gasteiger partial charge in [0.25, 0.3) is 0 Å². The van der Waals surface area contributed by atoms with E-state index in [1.165, 1.54) is 13.2 Å². The Morgan fingerprint density at radius 2 is 1.67 bits per heavy atom. The summed E-state index contributed by atoms with van der Waals surface area (Å²) in [4.78, 5) is 36.7. The molecule has 3 rings (SSSR count). The minimum absolute atomic E-state index is 0.255. The highest BCUT2D eigenvalue weighted by Crippen LogP contribution is 2.30. The zero-order valence-electron chi connectivity index (χ0n) is 21.7. The molecule has 10 nitrogen and oxygen atoms in total. The van der Waals surface area contributed by atoms with E-state index in [-0.39, 0.29) is 6.61 Å². The van der Waals surface area contributed by atoms with Gasteiger partial charge in [0.05, 0.1) is 10.8 Å². The third kappa shape index (κ3) is 6.43. The molecule has 0 radical (unpaired) electrons. The number of aliphatic hydroxyl groups is 1. The molecule has 1 aromatic carbocycles. The maximum atomic E-state index is 12.8. The molecule has 10 heteroatoms. The van der Waals surface area contributed by atoms with Gasteiger partial charge in [-0.3, -0.25) is 9.59 Å². The van der Waals surface area contributed by atoms with Crippen molar-refractivity contribution in [2.24, 2.45) is 10.8 Å². The fraction of sp³-hybridized carbons (Fsp3) is 0.577. The van der Waals surface area contributed by atoms with Gasteiger partial charge in [-0.2, -0.15) is 0 Å². The second-order valence-electron chi connectivity index (χ2n) is 10.9. The molecule has 1 saturated heterocycles. The summed E-state index contributed by atoms with van der Waals surface area (Å²) in [7, 11) is 1.41. The Kier molecular flexibility index (Phi) is 8.12. The van der Waals surface area contributed by atoms with Crippen LogP contribution in [-0.4, -0.2) is 61.4 Å². The second-order valence-corrected chi connectivity index (χ2v) is 10.9. The Labute approximate surface area is 209 Å². The smallest absolute Gasteiger partial charge is 0.336 e. The van der Waals surface area contributed by atoms with Crippen LogP contribution in [0.5, 0.6) is 0 Å². The molecule has 0 saturated carbocycles. The number of carbonyl (C=O) groups excluding carboxylic acids is 2. The van der Waals surface area contributed by atoms with E-state index in [1.807, 2.05) is 0 Å². The van der Waals surface area contributed by atoms with Crippen LogP contribution in [0.3, 0.4) is 0 Å². The summed E-state index contributed by atoms with van der Waals surface area (Å²) in [6.45, 7) is 9.98. The third-order valence-electron chi connectivity index (χ3n) is 5.71. The fourth-order valence-corrected chi connectivity index (χ4v) is 3.57. The molecule has 1 aliphatic heterocycles. The van der Waals surface area contributed by atoms with Crippen LogP contribution in [0.15, 0.2) is 39.5 Å². The number of fused-ring (bicyclic) bond motifs is 1. The van der Waals surface area contributed by atoms with Crippen molar-refractivity contribution in [1.82, 2.24) is 0 Å². The number of hydrogen-bond acceptors (Lipinski definition) is 10. The summed E-state index contributed by atoms with van der Waals surface area (Å²) in [5.41, 5.74) is -1.20. The summed E-state index contributed by atoms with van der Waals surface area (Å²) < 4.78 is 27.8.